The molecular formula is C13H22N2S. The summed E-state index contributed by atoms with van der Waals surface area (Å²) in [5.74, 6) is 0.864. The van der Waals surface area contributed by atoms with Crippen LogP contribution in [-0.4, -0.2) is 11.0 Å². The number of aromatic nitrogens is 1. The predicted octanol–water partition coefficient (Wildman–Crippen LogP) is 4.22. The van der Waals surface area contributed by atoms with Gasteiger partial charge in [-0.1, -0.05) is 26.2 Å². The number of anilines is 1. The first-order chi connectivity index (χ1) is 7.79. The Kier molecular flexibility index (Phi) is 4.22. The molecule has 0 radical (unpaired) electrons. The van der Waals surface area contributed by atoms with Gasteiger partial charge in [-0.2, -0.15) is 0 Å². The van der Waals surface area contributed by atoms with Crippen molar-refractivity contribution in [3.63, 3.8) is 0 Å². The number of aryl methyl sites for hydroxylation is 1. The largest absolute Gasteiger partial charge is 0.359 e. The highest BCUT2D eigenvalue weighted by molar-refractivity contribution is 7.13. The summed E-state index contributed by atoms with van der Waals surface area (Å²) in [5.41, 5.74) is 1.13. The third-order valence-electron chi connectivity index (χ3n) is 3.59. The quantitative estimate of drug-likeness (QED) is 0.849. The Morgan fingerprint density at radius 3 is 2.75 bits per heavy atom. The Hall–Kier alpha value is -0.570. The van der Waals surface area contributed by atoms with Gasteiger partial charge in [-0.05, 0) is 32.1 Å². The molecule has 1 fully saturated rings. The molecule has 1 atom stereocenters. The van der Waals surface area contributed by atoms with Gasteiger partial charge in [0.1, 0.15) is 0 Å². The lowest BCUT2D eigenvalue weighted by Crippen LogP contribution is -2.30. The molecule has 16 heavy (non-hydrogen) atoms. The summed E-state index contributed by atoms with van der Waals surface area (Å²) in [5, 5.41) is 6.85. The van der Waals surface area contributed by atoms with Crippen molar-refractivity contribution in [2.75, 3.05) is 5.32 Å². The van der Waals surface area contributed by atoms with Crippen LogP contribution in [0.1, 0.15) is 51.1 Å². The van der Waals surface area contributed by atoms with Crippen molar-refractivity contribution in [3.8, 4) is 0 Å². The van der Waals surface area contributed by atoms with Gasteiger partial charge < -0.3 is 5.32 Å². The van der Waals surface area contributed by atoms with Crippen molar-refractivity contribution >= 4 is 16.5 Å². The molecule has 0 spiro atoms. The van der Waals surface area contributed by atoms with E-state index in [1.807, 2.05) is 0 Å². The zero-order chi connectivity index (χ0) is 11.4. The molecule has 1 saturated carbocycles. The Morgan fingerprint density at radius 2 is 2.19 bits per heavy atom. The van der Waals surface area contributed by atoms with Crippen LogP contribution in [0.4, 0.5) is 5.13 Å². The summed E-state index contributed by atoms with van der Waals surface area (Å²) in [6.07, 6.45) is 8.28. The fourth-order valence-corrected chi connectivity index (χ4v) is 3.42. The van der Waals surface area contributed by atoms with E-state index in [-0.39, 0.29) is 0 Å². The molecule has 0 amide bonds. The SMILES string of the molecule is CCC(Nc1nc(C)cs1)C1CCCCC1. The predicted molar refractivity (Wildman–Crippen MR) is 71.1 cm³/mol. The van der Waals surface area contributed by atoms with Gasteiger partial charge in [0, 0.05) is 11.4 Å². The molecule has 1 N–H and O–H groups in total. The normalized spacial score (nSPS) is 19.6. The number of hydrogen-bond acceptors (Lipinski definition) is 3. The molecule has 2 nitrogen and oxygen atoms in total. The van der Waals surface area contributed by atoms with E-state index in [1.165, 1.54) is 38.5 Å². The highest BCUT2D eigenvalue weighted by atomic mass is 32.1. The summed E-state index contributed by atoms with van der Waals surface area (Å²) in [6, 6.07) is 0.630. The molecule has 3 heteroatoms. The average molecular weight is 238 g/mol. The van der Waals surface area contributed by atoms with Crippen LogP contribution in [0.5, 0.6) is 0 Å². The van der Waals surface area contributed by atoms with Crippen LogP contribution < -0.4 is 5.32 Å². The third-order valence-corrected chi connectivity index (χ3v) is 4.48. The van der Waals surface area contributed by atoms with Gasteiger partial charge in [0.15, 0.2) is 5.13 Å². The van der Waals surface area contributed by atoms with Crippen molar-refractivity contribution in [3.05, 3.63) is 11.1 Å². The molecule has 0 aliphatic heterocycles. The van der Waals surface area contributed by atoms with Gasteiger partial charge in [-0.25, -0.2) is 4.98 Å². The van der Waals surface area contributed by atoms with Crippen LogP contribution in [0.3, 0.4) is 0 Å². The molecule has 1 aromatic rings. The summed E-state index contributed by atoms with van der Waals surface area (Å²) in [7, 11) is 0. The topological polar surface area (TPSA) is 24.9 Å². The van der Waals surface area contributed by atoms with Crippen LogP contribution >= 0.6 is 11.3 Å². The minimum Gasteiger partial charge on any atom is -0.359 e. The van der Waals surface area contributed by atoms with Gasteiger partial charge >= 0.3 is 0 Å². The van der Waals surface area contributed by atoms with E-state index >= 15 is 0 Å². The van der Waals surface area contributed by atoms with Crippen molar-refractivity contribution < 1.29 is 0 Å². The van der Waals surface area contributed by atoms with Crippen molar-refractivity contribution in [2.24, 2.45) is 5.92 Å². The van der Waals surface area contributed by atoms with E-state index in [0.717, 1.165) is 16.7 Å². The van der Waals surface area contributed by atoms with Crippen LogP contribution in [-0.2, 0) is 0 Å². The summed E-state index contributed by atoms with van der Waals surface area (Å²) in [6.45, 7) is 4.34. The number of thiazole rings is 1. The first-order valence-electron chi connectivity index (χ1n) is 6.48. The first kappa shape index (κ1) is 11.9. The summed E-state index contributed by atoms with van der Waals surface area (Å²) in [4.78, 5) is 4.50. The second-order valence-corrected chi connectivity index (χ2v) is 5.71. The van der Waals surface area contributed by atoms with Gasteiger partial charge in [-0.3, -0.25) is 0 Å². The number of nitrogens with zero attached hydrogens (tertiary/aromatic N) is 1. The van der Waals surface area contributed by atoms with Crippen LogP contribution in [0.25, 0.3) is 0 Å². The highest BCUT2D eigenvalue weighted by Crippen LogP contribution is 2.30. The molecule has 2 rings (SSSR count). The molecule has 1 aliphatic carbocycles. The average Bonchev–Trinajstić information content (AvgIpc) is 2.73. The van der Waals surface area contributed by atoms with Crippen molar-refractivity contribution in [1.29, 1.82) is 0 Å². The van der Waals surface area contributed by atoms with Gasteiger partial charge in [0.2, 0.25) is 0 Å². The molecule has 1 heterocycles. The molecule has 1 aliphatic rings. The van der Waals surface area contributed by atoms with Crippen molar-refractivity contribution in [2.45, 2.75) is 58.4 Å². The Morgan fingerprint density at radius 1 is 1.44 bits per heavy atom. The zero-order valence-electron chi connectivity index (χ0n) is 10.3. The van der Waals surface area contributed by atoms with E-state index < -0.39 is 0 Å². The second kappa shape index (κ2) is 5.67. The minimum absolute atomic E-state index is 0.630. The Labute approximate surface area is 102 Å². The molecule has 0 saturated heterocycles. The number of rotatable bonds is 4. The number of nitrogens with one attached hydrogen (secondary N) is 1. The van der Waals surface area contributed by atoms with Crippen LogP contribution in [0, 0.1) is 12.8 Å². The maximum Gasteiger partial charge on any atom is 0.183 e. The Bertz CT molecular complexity index is 315. The lowest BCUT2D eigenvalue weighted by molar-refractivity contribution is 0.313. The molecule has 0 aromatic carbocycles. The van der Waals surface area contributed by atoms with E-state index in [0.29, 0.717) is 6.04 Å². The van der Waals surface area contributed by atoms with Gasteiger partial charge in [-0.15, -0.1) is 11.3 Å². The fourth-order valence-electron chi connectivity index (χ4n) is 2.67. The van der Waals surface area contributed by atoms with E-state index in [2.05, 4.69) is 29.5 Å². The smallest absolute Gasteiger partial charge is 0.183 e. The first-order valence-corrected chi connectivity index (χ1v) is 7.36. The lowest BCUT2D eigenvalue weighted by Gasteiger charge is -2.30. The van der Waals surface area contributed by atoms with E-state index in [1.54, 1.807) is 11.3 Å². The second-order valence-electron chi connectivity index (χ2n) is 4.85. The van der Waals surface area contributed by atoms with Crippen LogP contribution in [0.2, 0.25) is 0 Å². The van der Waals surface area contributed by atoms with E-state index in [4.69, 9.17) is 0 Å². The molecule has 1 unspecified atom stereocenters. The zero-order valence-corrected chi connectivity index (χ0v) is 11.1. The summed E-state index contributed by atoms with van der Waals surface area (Å²) >= 11 is 1.74. The third kappa shape index (κ3) is 2.97. The lowest BCUT2D eigenvalue weighted by atomic mass is 9.83. The standard InChI is InChI=1S/C13H22N2S/c1-3-12(11-7-5-4-6-8-11)15-13-14-10(2)9-16-13/h9,11-12H,3-8H2,1-2H3,(H,14,15). The molecule has 90 valence electrons. The van der Waals surface area contributed by atoms with Crippen molar-refractivity contribution in [1.82, 2.24) is 4.98 Å². The van der Waals surface area contributed by atoms with Gasteiger partial charge in [0.25, 0.3) is 0 Å². The highest BCUT2D eigenvalue weighted by Gasteiger charge is 2.22. The Balaban J connectivity index is 1.94. The van der Waals surface area contributed by atoms with Crippen LogP contribution in [0.15, 0.2) is 5.38 Å². The maximum atomic E-state index is 4.50. The summed E-state index contributed by atoms with van der Waals surface area (Å²) < 4.78 is 0. The molecular weight excluding hydrogens is 216 g/mol. The van der Waals surface area contributed by atoms with E-state index in [9.17, 15) is 0 Å². The monoisotopic (exact) mass is 238 g/mol. The molecule has 1 aromatic heterocycles. The maximum absolute atomic E-state index is 4.50. The number of hydrogen-bond donors (Lipinski definition) is 1. The fraction of sp³-hybridized carbons (Fsp3) is 0.769. The minimum atomic E-state index is 0.630. The van der Waals surface area contributed by atoms with Gasteiger partial charge in [0.05, 0.1) is 5.69 Å². The molecule has 0 bridgehead atoms.